The zero-order valence-corrected chi connectivity index (χ0v) is 23.8. The van der Waals surface area contributed by atoms with Crippen LogP contribution in [0.15, 0.2) is 109 Å². The van der Waals surface area contributed by atoms with E-state index in [1.165, 1.54) is 0 Å². The summed E-state index contributed by atoms with van der Waals surface area (Å²) in [4.78, 5) is 0. The third-order valence-corrected chi connectivity index (χ3v) is 8.82. The highest BCUT2D eigenvalue weighted by Gasteiger charge is 2.27. The van der Waals surface area contributed by atoms with E-state index in [0.717, 1.165) is 22.3 Å². The summed E-state index contributed by atoms with van der Waals surface area (Å²) < 4.78 is 26.0. The molecular formula is C28H26N4O2P2S2+2. The van der Waals surface area contributed by atoms with Crippen molar-refractivity contribution in [1.29, 1.82) is 0 Å². The van der Waals surface area contributed by atoms with Crippen LogP contribution < -0.4 is 31.4 Å². The predicted molar refractivity (Wildman–Crippen MR) is 166 cm³/mol. The summed E-state index contributed by atoms with van der Waals surface area (Å²) in [6, 6.07) is 34.7. The molecule has 4 rings (SSSR count). The molecule has 0 aromatic heterocycles. The first-order valence-corrected chi connectivity index (χ1v) is 15.2. The number of benzene rings is 4. The van der Waals surface area contributed by atoms with Crippen molar-refractivity contribution < 1.29 is 9.13 Å². The molecule has 2 atom stereocenters. The van der Waals surface area contributed by atoms with Crippen LogP contribution in [0.2, 0.25) is 0 Å². The second-order valence-electron chi connectivity index (χ2n) is 8.09. The van der Waals surface area contributed by atoms with Gasteiger partial charge in [-0.2, -0.15) is 0 Å². The molecule has 38 heavy (non-hydrogen) atoms. The Morgan fingerprint density at radius 1 is 0.526 bits per heavy atom. The number of nitrogens with one attached hydrogen (secondary N) is 4. The Morgan fingerprint density at radius 3 is 1.26 bits per heavy atom. The van der Waals surface area contributed by atoms with Gasteiger partial charge < -0.3 is 10.6 Å². The van der Waals surface area contributed by atoms with Gasteiger partial charge in [-0.05, 0) is 69.0 Å². The van der Waals surface area contributed by atoms with Crippen LogP contribution in [0.3, 0.4) is 0 Å². The Labute approximate surface area is 235 Å². The lowest BCUT2D eigenvalue weighted by atomic mass is 10.1. The highest BCUT2D eigenvalue weighted by atomic mass is 32.1. The number of hydrogen-bond donors (Lipinski definition) is 4. The maximum atomic E-state index is 13.0. The molecule has 0 aliphatic rings. The molecule has 190 valence electrons. The molecule has 0 amide bonds. The van der Waals surface area contributed by atoms with Gasteiger partial charge in [-0.1, -0.05) is 84.9 Å². The normalized spacial score (nSPS) is 11.2. The van der Waals surface area contributed by atoms with E-state index in [-0.39, 0.29) is 10.2 Å². The van der Waals surface area contributed by atoms with Crippen LogP contribution >= 0.6 is 40.3 Å². The van der Waals surface area contributed by atoms with Gasteiger partial charge in [-0.15, -0.1) is 10.2 Å². The van der Waals surface area contributed by atoms with Crippen LogP contribution in [0.1, 0.15) is 0 Å². The van der Waals surface area contributed by atoms with Gasteiger partial charge >= 0.3 is 15.9 Å². The number of hydrogen-bond acceptors (Lipinski definition) is 4. The van der Waals surface area contributed by atoms with Crippen LogP contribution in [0.5, 0.6) is 0 Å². The van der Waals surface area contributed by atoms with E-state index in [4.69, 9.17) is 24.4 Å². The Hall–Kier alpha value is -3.54. The standard InChI is InChI=1S/C28H24N4O2P2S2/c33-35(25-17-9-7-15-23(25)21-11-3-1-4-12-21)31-27(37)29-19-20-30-28(38)32-36(34)26-18-10-8-16-24(26)22-13-5-2-6-14-22/h1-18H,19-20H2,(H2-2,29,30,31,32,33,34,37,38)/p+2. The molecule has 0 saturated heterocycles. The van der Waals surface area contributed by atoms with Gasteiger partial charge in [0.05, 0.1) is 0 Å². The largest absolute Gasteiger partial charge is 0.502 e. The Bertz CT molecular complexity index is 1340. The lowest BCUT2D eigenvalue weighted by Gasteiger charge is -2.08. The molecule has 4 aromatic rings. The second kappa shape index (κ2) is 13.8. The summed E-state index contributed by atoms with van der Waals surface area (Å²) in [6.45, 7) is 0.850. The van der Waals surface area contributed by atoms with Gasteiger partial charge in [-0.25, -0.2) is 0 Å². The fourth-order valence-electron chi connectivity index (χ4n) is 3.76. The van der Waals surface area contributed by atoms with Crippen molar-refractivity contribution in [3.8, 4) is 22.3 Å². The molecule has 10 heteroatoms. The Kier molecular flexibility index (Phi) is 10.0. The topological polar surface area (TPSA) is 82.3 Å². The number of thiocarbonyl (C=S) groups is 2. The predicted octanol–water partition coefficient (Wildman–Crippen LogP) is 5.38. The zero-order chi connectivity index (χ0) is 26.7. The van der Waals surface area contributed by atoms with E-state index in [0.29, 0.717) is 23.7 Å². The molecule has 4 N–H and O–H groups in total. The fourth-order valence-corrected chi connectivity index (χ4v) is 6.52. The number of rotatable bonds is 9. The average molecular weight is 577 g/mol. The SMILES string of the molecule is O=[P+](NC(=S)NCCNC(=S)N[P+](=O)c1ccccc1-c1ccccc1)c1ccccc1-c1ccccc1. The van der Waals surface area contributed by atoms with Gasteiger partial charge in [0.2, 0.25) is 20.8 Å². The van der Waals surface area contributed by atoms with Crippen LogP contribution in [0, 0.1) is 0 Å². The van der Waals surface area contributed by atoms with Crippen molar-refractivity contribution in [3.05, 3.63) is 109 Å². The molecular weight excluding hydrogens is 550 g/mol. The van der Waals surface area contributed by atoms with E-state index >= 15 is 0 Å². The first-order valence-electron chi connectivity index (χ1n) is 11.9. The summed E-state index contributed by atoms with van der Waals surface area (Å²) in [6.07, 6.45) is 0. The van der Waals surface area contributed by atoms with Gasteiger partial charge in [-0.3, -0.25) is 0 Å². The summed E-state index contributed by atoms with van der Waals surface area (Å²) >= 11 is 10.7. The molecule has 0 bridgehead atoms. The molecule has 0 heterocycles. The lowest BCUT2D eigenvalue weighted by Crippen LogP contribution is -2.40. The molecule has 2 unspecified atom stereocenters. The van der Waals surface area contributed by atoms with Crippen molar-refractivity contribution in [3.63, 3.8) is 0 Å². The smallest absolute Gasteiger partial charge is 0.358 e. The Balaban J connectivity index is 1.24. The fraction of sp³-hybridized carbons (Fsp3) is 0.0714. The first kappa shape index (κ1) is 27.5. The van der Waals surface area contributed by atoms with E-state index in [2.05, 4.69) is 20.8 Å². The minimum atomic E-state index is -1.95. The van der Waals surface area contributed by atoms with Gasteiger partial charge in [0, 0.05) is 24.2 Å². The molecule has 0 aliphatic carbocycles. The van der Waals surface area contributed by atoms with E-state index < -0.39 is 15.9 Å². The van der Waals surface area contributed by atoms with Crippen molar-refractivity contribution in [2.75, 3.05) is 13.1 Å². The molecule has 4 aromatic carbocycles. The minimum Gasteiger partial charge on any atom is -0.358 e. The third-order valence-electron chi connectivity index (χ3n) is 5.52. The van der Waals surface area contributed by atoms with Crippen LogP contribution in [-0.4, -0.2) is 23.3 Å². The molecule has 0 fully saturated rings. The van der Waals surface area contributed by atoms with E-state index in [9.17, 15) is 9.13 Å². The second-order valence-corrected chi connectivity index (χ2v) is 11.5. The highest BCUT2D eigenvalue weighted by molar-refractivity contribution is 7.81. The first-order chi connectivity index (χ1) is 18.5. The Morgan fingerprint density at radius 2 is 0.868 bits per heavy atom. The monoisotopic (exact) mass is 576 g/mol. The van der Waals surface area contributed by atoms with Crippen LogP contribution in [-0.2, 0) is 9.13 Å². The summed E-state index contributed by atoms with van der Waals surface area (Å²) in [7, 11) is -3.91. The van der Waals surface area contributed by atoms with E-state index in [1.54, 1.807) is 0 Å². The van der Waals surface area contributed by atoms with Crippen LogP contribution in [0.25, 0.3) is 22.3 Å². The molecule has 0 saturated carbocycles. The summed E-state index contributed by atoms with van der Waals surface area (Å²) in [5, 5.41) is 13.7. The molecule has 6 nitrogen and oxygen atoms in total. The van der Waals surface area contributed by atoms with Gasteiger partial charge in [0.25, 0.3) is 0 Å². The van der Waals surface area contributed by atoms with Crippen molar-refractivity contribution >= 4 is 61.2 Å². The van der Waals surface area contributed by atoms with Crippen molar-refractivity contribution in [2.24, 2.45) is 0 Å². The van der Waals surface area contributed by atoms with Gasteiger partial charge in [0.15, 0.2) is 0 Å². The van der Waals surface area contributed by atoms with Crippen LogP contribution in [0.4, 0.5) is 0 Å². The molecule has 0 aliphatic heterocycles. The van der Waals surface area contributed by atoms with E-state index in [1.807, 2.05) is 109 Å². The third kappa shape index (κ3) is 7.50. The summed E-state index contributed by atoms with van der Waals surface area (Å²) in [5.41, 5.74) is 3.76. The van der Waals surface area contributed by atoms with Crippen molar-refractivity contribution in [1.82, 2.24) is 20.8 Å². The summed E-state index contributed by atoms with van der Waals surface area (Å²) in [5.74, 6) is 0. The maximum absolute atomic E-state index is 13.0. The van der Waals surface area contributed by atoms with Crippen molar-refractivity contribution in [2.45, 2.75) is 0 Å². The minimum absolute atomic E-state index is 0.275. The quantitative estimate of drug-likeness (QED) is 0.120. The zero-order valence-electron chi connectivity index (χ0n) is 20.3. The molecule has 0 radical (unpaired) electrons. The maximum Gasteiger partial charge on any atom is 0.502 e. The molecule has 0 spiro atoms. The highest BCUT2D eigenvalue weighted by Crippen LogP contribution is 2.26. The lowest BCUT2D eigenvalue weighted by molar-refractivity contribution is 0.589. The van der Waals surface area contributed by atoms with Gasteiger partial charge in [0.1, 0.15) is 0 Å². The average Bonchev–Trinajstić information content (AvgIpc) is 2.96.